The number of nitro benzene ring substituents is 1. The number of carbonyl (C=O) groups excluding carboxylic acids is 1. The van der Waals surface area contributed by atoms with Gasteiger partial charge in [-0.2, -0.15) is 0 Å². The fraction of sp³-hybridized carbons (Fsp3) is 0.200. The molecule has 0 spiro atoms. The summed E-state index contributed by atoms with van der Waals surface area (Å²) in [5.41, 5.74) is 0.973. The van der Waals surface area contributed by atoms with E-state index in [4.69, 9.17) is 9.84 Å². The number of methoxy groups -OCH3 is 1. The van der Waals surface area contributed by atoms with Crippen molar-refractivity contribution in [3.8, 4) is 5.75 Å². The topological polar surface area (TPSA) is 128 Å². The predicted molar refractivity (Wildman–Crippen MR) is 60.7 cm³/mol. The van der Waals surface area contributed by atoms with Crippen molar-refractivity contribution < 1.29 is 29.2 Å². The standard InChI is InChI=1S/C10H10N2O7/c1-18-7-4-2-3-6(12(16)17)9(7)10(15)11-19-5-8(13)14/h2-4H,5H2,1H3,(H,11,15)(H,13,14). The second kappa shape index (κ2) is 6.31. The highest BCUT2D eigenvalue weighted by molar-refractivity contribution is 6.00. The van der Waals surface area contributed by atoms with Crippen LogP contribution in [0.15, 0.2) is 18.2 Å². The van der Waals surface area contributed by atoms with Crippen molar-refractivity contribution in [1.82, 2.24) is 5.48 Å². The van der Waals surface area contributed by atoms with Gasteiger partial charge < -0.3 is 9.84 Å². The molecule has 0 fully saturated rings. The lowest BCUT2D eigenvalue weighted by Crippen LogP contribution is -2.27. The zero-order valence-corrected chi connectivity index (χ0v) is 9.78. The molecule has 0 aliphatic carbocycles. The van der Waals surface area contributed by atoms with Crippen LogP contribution in [-0.2, 0) is 9.63 Å². The zero-order chi connectivity index (χ0) is 14.4. The van der Waals surface area contributed by atoms with Crippen LogP contribution >= 0.6 is 0 Å². The highest BCUT2D eigenvalue weighted by Gasteiger charge is 2.25. The maximum Gasteiger partial charge on any atom is 0.332 e. The molecule has 19 heavy (non-hydrogen) atoms. The van der Waals surface area contributed by atoms with Crippen molar-refractivity contribution in [3.05, 3.63) is 33.9 Å². The molecule has 0 radical (unpaired) electrons. The van der Waals surface area contributed by atoms with Crippen LogP contribution in [0.2, 0.25) is 0 Å². The third kappa shape index (κ3) is 3.64. The number of hydroxylamine groups is 1. The van der Waals surface area contributed by atoms with E-state index in [1.807, 2.05) is 0 Å². The van der Waals surface area contributed by atoms with Gasteiger partial charge in [-0.3, -0.25) is 19.7 Å². The molecule has 0 saturated heterocycles. The maximum atomic E-state index is 11.7. The first-order valence-corrected chi connectivity index (χ1v) is 4.92. The number of ether oxygens (including phenoxy) is 1. The third-order valence-electron chi connectivity index (χ3n) is 2.01. The zero-order valence-electron chi connectivity index (χ0n) is 9.78. The molecule has 0 heterocycles. The number of hydrogen-bond acceptors (Lipinski definition) is 6. The molecule has 0 unspecified atom stereocenters. The van der Waals surface area contributed by atoms with E-state index in [1.165, 1.54) is 19.2 Å². The Morgan fingerprint density at radius 3 is 2.68 bits per heavy atom. The lowest BCUT2D eigenvalue weighted by molar-refractivity contribution is -0.385. The number of nitrogens with zero attached hydrogens (tertiary/aromatic N) is 1. The first kappa shape index (κ1) is 14.4. The summed E-state index contributed by atoms with van der Waals surface area (Å²) in [7, 11) is 1.24. The molecule has 0 saturated carbocycles. The largest absolute Gasteiger partial charge is 0.496 e. The second-order valence-electron chi connectivity index (χ2n) is 3.23. The van der Waals surface area contributed by atoms with Crippen LogP contribution < -0.4 is 10.2 Å². The molecular weight excluding hydrogens is 260 g/mol. The van der Waals surface area contributed by atoms with Gasteiger partial charge in [0, 0.05) is 6.07 Å². The number of nitrogens with one attached hydrogen (secondary N) is 1. The quantitative estimate of drug-likeness (QED) is 0.563. The maximum absolute atomic E-state index is 11.7. The monoisotopic (exact) mass is 270 g/mol. The second-order valence-corrected chi connectivity index (χ2v) is 3.23. The minimum Gasteiger partial charge on any atom is -0.496 e. The number of carboxylic acids is 1. The number of nitro groups is 1. The number of rotatable bonds is 6. The average molecular weight is 270 g/mol. The van der Waals surface area contributed by atoms with Gasteiger partial charge in [0.2, 0.25) is 0 Å². The minimum atomic E-state index is -1.30. The summed E-state index contributed by atoms with van der Waals surface area (Å²) in [4.78, 5) is 36.3. The summed E-state index contributed by atoms with van der Waals surface area (Å²) in [5.74, 6) is -2.29. The normalized spacial score (nSPS) is 9.74. The van der Waals surface area contributed by atoms with Crippen LogP contribution in [0, 0.1) is 10.1 Å². The first-order valence-electron chi connectivity index (χ1n) is 4.92. The SMILES string of the molecule is COc1cccc([N+](=O)[O-])c1C(=O)NOCC(=O)O. The molecular formula is C10H10N2O7. The number of benzene rings is 1. The van der Waals surface area contributed by atoms with E-state index in [0.717, 1.165) is 6.07 Å². The molecule has 1 aromatic carbocycles. The molecule has 102 valence electrons. The highest BCUT2D eigenvalue weighted by Crippen LogP contribution is 2.27. The van der Waals surface area contributed by atoms with Gasteiger partial charge in [-0.05, 0) is 6.07 Å². The number of carbonyl (C=O) groups is 2. The molecule has 1 amide bonds. The van der Waals surface area contributed by atoms with Gasteiger partial charge in [0.15, 0.2) is 12.2 Å². The van der Waals surface area contributed by atoms with Crippen molar-refractivity contribution >= 4 is 17.6 Å². The van der Waals surface area contributed by atoms with Crippen molar-refractivity contribution in [1.29, 1.82) is 0 Å². The Labute approximate surface area is 106 Å². The highest BCUT2D eigenvalue weighted by atomic mass is 16.7. The van der Waals surface area contributed by atoms with E-state index >= 15 is 0 Å². The molecule has 9 heteroatoms. The van der Waals surface area contributed by atoms with Crippen LogP contribution in [0.1, 0.15) is 10.4 Å². The van der Waals surface area contributed by atoms with Crippen LogP contribution in [0.5, 0.6) is 5.75 Å². The molecule has 0 aliphatic rings. The molecule has 2 N–H and O–H groups in total. The Morgan fingerprint density at radius 2 is 2.16 bits per heavy atom. The van der Waals surface area contributed by atoms with Gasteiger partial charge in [0.05, 0.1) is 12.0 Å². The fourth-order valence-corrected chi connectivity index (χ4v) is 1.28. The fourth-order valence-electron chi connectivity index (χ4n) is 1.28. The lowest BCUT2D eigenvalue weighted by Gasteiger charge is -2.08. The lowest BCUT2D eigenvalue weighted by atomic mass is 10.1. The Balaban J connectivity index is 2.99. The van der Waals surface area contributed by atoms with Crippen molar-refractivity contribution in [2.75, 3.05) is 13.7 Å². The number of aliphatic carboxylic acids is 1. The van der Waals surface area contributed by atoms with Gasteiger partial charge in [0.1, 0.15) is 5.75 Å². The summed E-state index contributed by atoms with van der Waals surface area (Å²) in [5, 5.41) is 19.1. The van der Waals surface area contributed by atoms with E-state index in [9.17, 15) is 19.7 Å². The Morgan fingerprint density at radius 1 is 1.47 bits per heavy atom. The third-order valence-corrected chi connectivity index (χ3v) is 2.01. The van der Waals surface area contributed by atoms with E-state index in [2.05, 4.69) is 4.84 Å². The van der Waals surface area contributed by atoms with Crippen molar-refractivity contribution in [3.63, 3.8) is 0 Å². The smallest absolute Gasteiger partial charge is 0.332 e. The Hall–Kier alpha value is -2.68. The predicted octanol–water partition coefficient (Wildman–Crippen LogP) is 0.349. The van der Waals surface area contributed by atoms with Crippen LogP contribution in [0.3, 0.4) is 0 Å². The van der Waals surface area contributed by atoms with Crippen LogP contribution in [0.4, 0.5) is 5.69 Å². The summed E-state index contributed by atoms with van der Waals surface area (Å²) >= 11 is 0. The van der Waals surface area contributed by atoms with E-state index in [0.29, 0.717) is 0 Å². The van der Waals surface area contributed by atoms with Crippen LogP contribution in [0.25, 0.3) is 0 Å². The summed E-state index contributed by atoms with van der Waals surface area (Å²) < 4.78 is 4.85. The van der Waals surface area contributed by atoms with Gasteiger partial charge in [0.25, 0.3) is 11.6 Å². The molecule has 0 bridgehead atoms. The first-order chi connectivity index (χ1) is 8.97. The van der Waals surface area contributed by atoms with E-state index in [1.54, 1.807) is 5.48 Å². The van der Waals surface area contributed by atoms with E-state index in [-0.39, 0.29) is 11.3 Å². The number of carboxylic acid groups (broad SMARTS) is 1. The molecule has 0 aliphatic heterocycles. The molecule has 0 aromatic heterocycles. The summed E-state index contributed by atoms with van der Waals surface area (Å²) in [6.07, 6.45) is 0. The minimum absolute atomic E-state index is 0.0226. The Kier molecular flexibility index (Phi) is 4.77. The Bertz CT molecular complexity index is 515. The number of amides is 1. The average Bonchev–Trinajstić information content (AvgIpc) is 2.36. The molecule has 0 atom stereocenters. The summed E-state index contributed by atoms with van der Waals surface area (Å²) in [6.45, 7) is -0.769. The van der Waals surface area contributed by atoms with Crippen LogP contribution in [-0.4, -0.2) is 35.6 Å². The van der Waals surface area contributed by atoms with Gasteiger partial charge in [-0.25, -0.2) is 10.3 Å². The molecule has 1 aromatic rings. The van der Waals surface area contributed by atoms with Gasteiger partial charge >= 0.3 is 5.97 Å². The van der Waals surface area contributed by atoms with Crippen molar-refractivity contribution in [2.24, 2.45) is 0 Å². The van der Waals surface area contributed by atoms with Crippen molar-refractivity contribution in [2.45, 2.75) is 0 Å². The molecule has 9 nitrogen and oxygen atoms in total. The summed E-state index contributed by atoms with van der Waals surface area (Å²) in [6, 6.07) is 3.83. The van der Waals surface area contributed by atoms with Gasteiger partial charge in [-0.1, -0.05) is 6.07 Å². The van der Waals surface area contributed by atoms with Gasteiger partial charge in [-0.15, -0.1) is 0 Å². The molecule has 1 rings (SSSR count). The van der Waals surface area contributed by atoms with E-state index < -0.39 is 29.1 Å². The number of hydrogen-bond donors (Lipinski definition) is 2.